The molecule has 0 saturated heterocycles. The van der Waals surface area contributed by atoms with Crippen LogP contribution in [0, 0.1) is 19.7 Å². The molecular weight excluding hydrogens is 405 g/mol. The number of anilines is 2. The van der Waals surface area contributed by atoms with Crippen molar-refractivity contribution in [2.24, 2.45) is 0 Å². The van der Waals surface area contributed by atoms with E-state index in [0.29, 0.717) is 15.4 Å². The molecule has 3 aromatic rings. The second-order valence-corrected chi connectivity index (χ2v) is 7.30. The van der Waals surface area contributed by atoms with Gasteiger partial charge in [0.25, 0.3) is 18.2 Å². The number of halogens is 3. The Morgan fingerprint density at radius 3 is 2.48 bits per heavy atom. The number of carbonyl (C=O) groups excluding carboxylic acids is 2. The number of rotatable bonds is 5. The molecule has 10 heteroatoms. The largest absolute Gasteiger partial charge is 0.322 e. The first-order valence-corrected chi connectivity index (χ1v) is 9.15. The zero-order valence-corrected chi connectivity index (χ0v) is 16.1. The number of thiazole rings is 1. The molecule has 2 aromatic heterocycles. The minimum Gasteiger partial charge on any atom is -0.322 e. The van der Waals surface area contributed by atoms with E-state index >= 15 is 0 Å². The van der Waals surface area contributed by atoms with E-state index in [9.17, 15) is 22.8 Å². The maximum Gasteiger partial charge on any atom is 0.280 e. The highest BCUT2D eigenvalue weighted by molar-refractivity contribution is 7.13. The number of pyridine rings is 1. The summed E-state index contributed by atoms with van der Waals surface area (Å²) >= 11 is 1.20. The second-order valence-electron chi connectivity index (χ2n) is 6.07. The monoisotopic (exact) mass is 420 g/mol. The van der Waals surface area contributed by atoms with Crippen LogP contribution in [0.3, 0.4) is 0 Å². The van der Waals surface area contributed by atoms with Crippen molar-refractivity contribution in [3.8, 4) is 0 Å². The number of nitrogens with zero attached hydrogens (tertiary/aromatic N) is 2. The van der Waals surface area contributed by atoms with E-state index in [4.69, 9.17) is 0 Å². The van der Waals surface area contributed by atoms with Gasteiger partial charge in [0.15, 0.2) is 0 Å². The fourth-order valence-electron chi connectivity index (χ4n) is 2.48. The maximum absolute atomic E-state index is 14.3. The molecule has 0 fully saturated rings. The number of benzene rings is 1. The summed E-state index contributed by atoms with van der Waals surface area (Å²) in [5, 5.41) is 5.70. The van der Waals surface area contributed by atoms with Crippen LogP contribution in [0.2, 0.25) is 0 Å². The summed E-state index contributed by atoms with van der Waals surface area (Å²) in [5.41, 5.74) is -0.152. The molecule has 0 radical (unpaired) electrons. The third-order valence-corrected chi connectivity index (χ3v) is 4.83. The average Bonchev–Trinajstić information content (AvgIpc) is 3.10. The quantitative estimate of drug-likeness (QED) is 0.625. The number of alkyl halides is 2. The molecule has 29 heavy (non-hydrogen) atoms. The SMILES string of the molecule is Cc1ncc(C(=O)Nc2cc(C(=O)Nc3ccnc(C(F)F)c3)c(F)cc2C)s1. The first-order chi connectivity index (χ1) is 13.7. The Morgan fingerprint density at radius 2 is 1.83 bits per heavy atom. The van der Waals surface area contributed by atoms with Crippen LogP contribution in [0.5, 0.6) is 0 Å². The van der Waals surface area contributed by atoms with E-state index in [1.54, 1.807) is 13.8 Å². The van der Waals surface area contributed by atoms with Crippen LogP contribution in [-0.4, -0.2) is 21.8 Å². The van der Waals surface area contributed by atoms with E-state index < -0.39 is 29.8 Å². The van der Waals surface area contributed by atoms with Crippen LogP contribution in [-0.2, 0) is 0 Å². The molecule has 150 valence electrons. The number of hydrogen-bond acceptors (Lipinski definition) is 5. The van der Waals surface area contributed by atoms with Gasteiger partial charge in [-0.05, 0) is 43.7 Å². The van der Waals surface area contributed by atoms with Crippen LogP contribution in [0.15, 0.2) is 36.7 Å². The van der Waals surface area contributed by atoms with Crippen LogP contribution in [0.25, 0.3) is 0 Å². The van der Waals surface area contributed by atoms with Crippen molar-refractivity contribution in [3.05, 3.63) is 69.2 Å². The Labute approximate surface area is 167 Å². The highest BCUT2D eigenvalue weighted by Gasteiger charge is 2.18. The molecule has 1 aromatic carbocycles. The summed E-state index contributed by atoms with van der Waals surface area (Å²) in [7, 11) is 0. The minimum atomic E-state index is -2.81. The van der Waals surface area contributed by atoms with Gasteiger partial charge in [-0.2, -0.15) is 0 Å². The summed E-state index contributed by atoms with van der Waals surface area (Å²) in [6, 6.07) is 4.62. The van der Waals surface area contributed by atoms with Crippen molar-refractivity contribution in [2.45, 2.75) is 20.3 Å². The topological polar surface area (TPSA) is 84.0 Å². The second kappa shape index (κ2) is 8.39. The molecule has 0 atom stereocenters. The van der Waals surface area contributed by atoms with Gasteiger partial charge in [-0.25, -0.2) is 18.2 Å². The van der Waals surface area contributed by atoms with Crippen LogP contribution >= 0.6 is 11.3 Å². The standard InChI is InChI=1S/C19H15F3N4O2S/c1-9-5-13(20)12(7-14(9)26-19(28)16-8-24-10(2)29-16)18(27)25-11-3-4-23-15(6-11)17(21)22/h3-8,17H,1-2H3,(H,26,28)(H,23,25,27). The Hall–Kier alpha value is -3.27. The average molecular weight is 420 g/mol. The van der Waals surface area contributed by atoms with Crippen molar-refractivity contribution in [1.29, 1.82) is 0 Å². The van der Waals surface area contributed by atoms with Gasteiger partial charge >= 0.3 is 0 Å². The number of aromatic nitrogens is 2. The lowest BCUT2D eigenvalue weighted by Crippen LogP contribution is -2.17. The first-order valence-electron chi connectivity index (χ1n) is 8.34. The van der Waals surface area contributed by atoms with Crippen LogP contribution < -0.4 is 10.6 Å². The van der Waals surface area contributed by atoms with Gasteiger partial charge in [0, 0.05) is 17.6 Å². The van der Waals surface area contributed by atoms with Crippen LogP contribution in [0.4, 0.5) is 24.5 Å². The summed E-state index contributed by atoms with van der Waals surface area (Å²) < 4.78 is 39.8. The summed E-state index contributed by atoms with van der Waals surface area (Å²) in [6.45, 7) is 3.33. The zero-order chi connectivity index (χ0) is 21.1. The lowest BCUT2D eigenvalue weighted by Gasteiger charge is -2.12. The summed E-state index contributed by atoms with van der Waals surface area (Å²) in [6.07, 6.45) is -0.267. The van der Waals surface area contributed by atoms with E-state index in [-0.39, 0.29) is 16.9 Å². The number of aryl methyl sites for hydroxylation is 2. The Morgan fingerprint density at radius 1 is 1.07 bits per heavy atom. The normalized spacial score (nSPS) is 10.8. The minimum absolute atomic E-state index is 0.0472. The Kier molecular flexibility index (Phi) is 5.92. The van der Waals surface area contributed by atoms with Gasteiger partial charge in [0.2, 0.25) is 0 Å². The molecule has 2 heterocycles. The number of nitrogens with one attached hydrogen (secondary N) is 2. The van der Waals surface area contributed by atoms with Crippen molar-refractivity contribution in [2.75, 3.05) is 10.6 Å². The van der Waals surface area contributed by atoms with E-state index in [0.717, 1.165) is 18.3 Å². The molecule has 2 amide bonds. The summed E-state index contributed by atoms with van der Waals surface area (Å²) in [4.78, 5) is 32.7. The molecule has 0 spiro atoms. The van der Waals surface area contributed by atoms with E-state index in [1.165, 1.54) is 29.7 Å². The molecule has 0 bridgehead atoms. The smallest absolute Gasteiger partial charge is 0.280 e. The third kappa shape index (κ3) is 4.77. The molecular formula is C19H15F3N4O2S. The predicted octanol–water partition coefficient (Wildman–Crippen LogP) is 4.74. The number of hydrogen-bond donors (Lipinski definition) is 2. The third-order valence-electron chi connectivity index (χ3n) is 3.91. The fourth-order valence-corrected chi connectivity index (χ4v) is 3.15. The van der Waals surface area contributed by atoms with E-state index in [1.807, 2.05) is 0 Å². The van der Waals surface area contributed by atoms with Crippen molar-refractivity contribution >= 4 is 34.5 Å². The first kappa shape index (κ1) is 20.5. The number of amides is 2. The summed E-state index contributed by atoms with van der Waals surface area (Å²) in [5.74, 6) is -2.10. The lowest BCUT2D eigenvalue weighted by molar-refractivity contribution is 0.101. The predicted molar refractivity (Wildman–Crippen MR) is 103 cm³/mol. The molecule has 0 aliphatic heterocycles. The van der Waals surface area contributed by atoms with Crippen molar-refractivity contribution in [1.82, 2.24) is 9.97 Å². The molecule has 0 saturated carbocycles. The van der Waals surface area contributed by atoms with Gasteiger partial charge in [0.05, 0.1) is 16.8 Å². The molecule has 0 aliphatic carbocycles. The van der Waals surface area contributed by atoms with Crippen molar-refractivity contribution < 1.29 is 22.8 Å². The number of carbonyl (C=O) groups is 2. The molecule has 0 unspecified atom stereocenters. The van der Waals surface area contributed by atoms with Crippen molar-refractivity contribution in [3.63, 3.8) is 0 Å². The lowest BCUT2D eigenvalue weighted by atomic mass is 10.1. The molecule has 6 nitrogen and oxygen atoms in total. The zero-order valence-electron chi connectivity index (χ0n) is 15.3. The fraction of sp³-hybridized carbons (Fsp3) is 0.158. The molecule has 3 rings (SSSR count). The van der Waals surface area contributed by atoms with Gasteiger partial charge in [-0.1, -0.05) is 0 Å². The molecule has 2 N–H and O–H groups in total. The van der Waals surface area contributed by atoms with E-state index in [2.05, 4.69) is 20.6 Å². The molecule has 0 aliphatic rings. The van der Waals surface area contributed by atoms with Gasteiger partial charge in [0.1, 0.15) is 16.4 Å². The highest BCUT2D eigenvalue weighted by atomic mass is 32.1. The van der Waals surface area contributed by atoms with Gasteiger partial charge in [-0.3, -0.25) is 14.6 Å². The van der Waals surface area contributed by atoms with Gasteiger partial charge < -0.3 is 10.6 Å². The maximum atomic E-state index is 14.3. The highest BCUT2D eigenvalue weighted by Crippen LogP contribution is 2.24. The van der Waals surface area contributed by atoms with Gasteiger partial charge in [-0.15, -0.1) is 11.3 Å². The Balaban J connectivity index is 1.83. The Bertz CT molecular complexity index is 1090. The van der Waals surface area contributed by atoms with Crippen LogP contribution in [0.1, 0.15) is 42.7 Å².